The van der Waals surface area contributed by atoms with Gasteiger partial charge in [-0.25, -0.2) is 0 Å². The van der Waals surface area contributed by atoms with Crippen LogP contribution in [0.5, 0.6) is 0 Å². The van der Waals surface area contributed by atoms with Crippen LogP contribution in [-0.2, 0) is 0 Å². The molecule has 18 heavy (non-hydrogen) atoms. The van der Waals surface area contributed by atoms with Crippen LogP contribution in [0.3, 0.4) is 0 Å². The third kappa shape index (κ3) is 2.00. The molecular formula is C16H21NS. The molecule has 2 N–H and O–H groups in total. The molecule has 0 spiro atoms. The Morgan fingerprint density at radius 3 is 1.83 bits per heavy atom. The summed E-state index contributed by atoms with van der Waals surface area (Å²) in [6.45, 7) is 11.0. The third-order valence-corrected chi connectivity index (χ3v) is 5.17. The number of hydrogen-bond donors (Lipinski definition) is 1. The minimum absolute atomic E-state index is 0.00278. The normalized spacial score (nSPS) is 12.8. The summed E-state index contributed by atoms with van der Waals surface area (Å²) < 4.78 is 0. The van der Waals surface area contributed by atoms with Gasteiger partial charge in [-0.15, -0.1) is 11.3 Å². The summed E-state index contributed by atoms with van der Waals surface area (Å²) in [6.07, 6.45) is 0. The Morgan fingerprint density at radius 1 is 0.889 bits per heavy atom. The van der Waals surface area contributed by atoms with E-state index in [1.165, 1.54) is 38.3 Å². The van der Waals surface area contributed by atoms with Crippen molar-refractivity contribution in [3.8, 4) is 0 Å². The van der Waals surface area contributed by atoms with Crippen molar-refractivity contribution in [3.05, 3.63) is 55.8 Å². The molecule has 2 aromatic rings. The third-order valence-electron chi connectivity index (χ3n) is 4.22. The summed E-state index contributed by atoms with van der Waals surface area (Å²) in [5.41, 5.74) is 14.6. The average molecular weight is 259 g/mol. The molecule has 0 aliphatic heterocycles. The Morgan fingerprint density at radius 2 is 1.39 bits per heavy atom. The lowest BCUT2D eigenvalue weighted by atomic mass is 9.86. The number of nitrogens with two attached hydrogens (primary N) is 1. The average Bonchev–Trinajstić information content (AvgIpc) is 2.88. The second-order valence-electron chi connectivity index (χ2n) is 5.03. The molecule has 0 aliphatic rings. The van der Waals surface area contributed by atoms with Crippen LogP contribution >= 0.6 is 11.3 Å². The zero-order chi connectivity index (χ0) is 13.4. The molecule has 0 saturated carbocycles. The van der Waals surface area contributed by atoms with Gasteiger partial charge in [-0.2, -0.15) is 0 Å². The highest BCUT2D eigenvalue weighted by atomic mass is 32.1. The van der Waals surface area contributed by atoms with E-state index in [1.54, 1.807) is 11.3 Å². The smallest absolute Gasteiger partial charge is 0.0651 e. The van der Waals surface area contributed by atoms with E-state index < -0.39 is 0 Å². The largest absolute Gasteiger partial charge is 0.320 e. The fourth-order valence-corrected chi connectivity index (χ4v) is 3.34. The fraction of sp³-hybridized carbons (Fsp3) is 0.375. The van der Waals surface area contributed by atoms with E-state index in [-0.39, 0.29) is 6.04 Å². The maximum absolute atomic E-state index is 6.46. The number of thiophene rings is 1. The lowest BCUT2D eigenvalue weighted by Gasteiger charge is -2.22. The second-order valence-corrected chi connectivity index (χ2v) is 6.01. The first-order valence-electron chi connectivity index (χ1n) is 6.31. The summed E-state index contributed by atoms with van der Waals surface area (Å²) in [7, 11) is 0. The highest BCUT2D eigenvalue weighted by Gasteiger charge is 2.19. The molecule has 2 rings (SSSR count). The summed E-state index contributed by atoms with van der Waals surface area (Å²) in [4.78, 5) is 1.24. The Balaban J connectivity index is 2.65. The number of benzene rings is 1. The first kappa shape index (κ1) is 13.3. The van der Waals surface area contributed by atoms with Crippen LogP contribution in [0.15, 0.2) is 17.5 Å². The standard InChI is InChI=1S/C16H21NS/c1-9-10(2)12(4)15(13(5)11(9)3)16(17)14-7-6-8-18-14/h6-8,16H,17H2,1-5H3. The van der Waals surface area contributed by atoms with Gasteiger partial charge in [-0.1, -0.05) is 6.07 Å². The van der Waals surface area contributed by atoms with E-state index in [0.29, 0.717) is 0 Å². The maximum atomic E-state index is 6.46. The van der Waals surface area contributed by atoms with Crippen LogP contribution in [-0.4, -0.2) is 0 Å². The minimum Gasteiger partial charge on any atom is -0.320 e. The number of hydrogen-bond acceptors (Lipinski definition) is 2. The van der Waals surface area contributed by atoms with E-state index in [9.17, 15) is 0 Å². The van der Waals surface area contributed by atoms with Crippen LogP contribution in [0.2, 0.25) is 0 Å². The zero-order valence-electron chi connectivity index (χ0n) is 11.8. The second kappa shape index (κ2) is 4.87. The van der Waals surface area contributed by atoms with Crippen molar-refractivity contribution >= 4 is 11.3 Å². The Hall–Kier alpha value is -1.12. The molecule has 0 saturated heterocycles. The molecule has 1 heterocycles. The zero-order valence-corrected chi connectivity index (χ0v) is 12.6. The van der Waals surface area contributed by atoms with E-state index in [0.717, 1.165) is 0 Å². The molecule has 1 atom stereocenters. The first-order valence-corrected chi connectivity index (χ1v) is 7.19. The summed E-state index contributed by atoms with van der Waals surface area (Å²) in [5, 5.41) is 2.09. The molecule has 0 fully saturated rings. The molecule has 96 valence electrons. The van der Waals surface area contributed by atoms with Crippen molar-refractivity contribution in [1.82, 2.24) is 0 Å². The van der Waals surface area contributed by atoms with Gasteiger partial charge in [0.05, 0.1) is 6.04 Å². The molecule has 1 aromatic carbocycles. The van der Waals surface area contributed by atoms with Gasteiger partial charge >= 0.3 is 0 Å². The molecule has 0 amide bonds. The predicted molar refractivity (Wildman–Crippen MR) is 80.5 cm³/mol. The van der Waals surface area contributed by atoms with Crippen molar-refractivity contribution in [2.45, 2.75) is 40.7 Å². The van der Waals surface area contributed by atoms with Gasteiger partial charge in [0.25, 0.3) is 0 Å². The first-order chi connectivity index (χ1) is 8.45. The lowest BCUT2D eigenvalue weighted by Crippen LogP contribution is -2.16. The molecule has 2 heteroatoms. The predicted octanol–water partition coefficient (Wildman–Crippen LogP) is 4.34. The number of rotatable bonds is 2. The SMILES string of the molecule is Cc1c(C)c(C)c(C(N)c2cccs2)c(C)c1C. The quantitative estimate of drug-likeness (QED) is 0.853. The van der Waals surface area contributed by atoms with Crippen molar-refractivity contribution < 1.29 is 0 Å². The van der Waals surface area contributed by atoms with Gasteiger partial charge in [0.1, 0.15) is 0 Å². The van der Waals surface area contributed by atoms with Gasteiger partial charge in [-0.3, -0.25) is 0 Å². The lowest BCUT2D eigenvalue weighted by molar-refractivity contribution is 0.861. The van der Waals surface area contributed by atoms with Gasteiger partial charge in [0, 0.05) is 4.88 Å². The molecule has 0 aliphatic carbocycles. The van der Waals surface area contributed by atoms with Crippen LogP contribution in [0.25, 0.3) is 0 Å². The molecule has 1 aromatic heterocycles. The van der Waals surface area contributed by atoms with E-state index in [2.05, 4.69) is 52.1 Å². The molecule has 0 radical (unpaired) electrons. The topological polar surface area (TPSA) is 26.0 Å². The van der Waals surface area contributed by atoms with Crippen molar-refractivity contribution in [2.24, 2.45) is 5.73 Å². The summed E-state index contributed by atoms with van der Waals surface area (Å²) >= 11 is 1.73. The minimum atomic E-state index is 0.00278. The molecule has 1 unspecified atom stereocenters. The van der Waals surface area contributed by atoms with Gasteiger partial charge in [-0.05, 0) is 79.4 Å². The van der Waals surface area contributed by atoms with E-state index in [4.69, 9.17) is 5.73 Å². The maximum Gasteiger partial charge on any atom is 0.0651 e. The fourth-order valence-electron chi connectivity index (χ4n) is 2.61. The van der Waals surface area contributed by atoms with Crippen LogP contribution in [0, 0.1) is 34.6 Å². The summed E-state index contributed by atoms with van der Waals surface area (Å²) in [6, 6.07) is 4.19. The highest BCUT2D eigenvalue weighted by Crippen LogP contribution is 2.33. The van der Waals surface area contributed by atoms with Crippen molar-refractivity contribution in [1.29, 1.82) is 0 Å². The summed E-state index contributed by atoms with van der Waals surface area (Å²) in [5.74, 6) is 0. The molecule has 1 nitrogen and oxygen atoms in total. The van der Waals surface area contributed by atoms with Gasteiger partial charge in [0.2, 0.25) is 0 Å². The molecule has 0 bridgehead atoms. The van der Waals surface area contributed by atoms with Crippen molar-refractivity contribution in [3.63, 3.8) is 0 Å². The Labute approximate surface area is 114 Å². The monoisotopic (exact) mass is 259 g/mol. The molecular weight excluding hydrogens is 238 g/mol. The van der Waals surface area contributed by atoms with Crippen LogP contribution < -0.4 is 5.73 Å². The van der Waals surface area contributed by atoms with Crippen LogP contribution in [0.4, 0.5) is 0 Å². The van der Waals surface area contributed by atoms with Gasteiger partial charge < -0.3 is 5.73 Å². The Kier molecular flexibility index (Phi) is 3.60. The van der Waals surface area contributed by atoms with Crippen LogP contribution in [0.1, 0.15) is 44.3 Å². The van der Waals surface area contributed by atoms with Crippen molar-refractivity contribution in [2.75, 3.05) is 0 Å². The van der Waals surface area contributed by atoms with E-state index in [1.807, 2.05) is 0 Å². The Bertz CT molecular complexity index is 538. The van der Waals surface area contributed by atoms with E-state index >= 15 is 0 Å². The highest BCUT2D eigenvalue weighted by molar-refractivity contribution is 7.10. The van der Waals surface area contributed by atoms with Gasteiger partial charge in [0.15, 0.2) is 0 Å².